The summed E-state index contributed by atoms with van der Waals surface area (Å²) in [5.41, 5.74) is 0.646. The molecule has 1 aromatic carbocycles. The lowest BCUT2D eigenvalue weighted by atomic mass is 9.81. The molecule has 1 aliphatic heterocycles. The van der Waals surface area contributed by atoms with Gasteiger partial charge in [-0.25, -0.2) is 0 Å². The number of carbonyl (C=O) groups is 4. The van der Waals surface area contributed by atoms with E-state index in [1.165, 1.54) is 18.2 Å². The fourth-order valence-corrected chi connectivity index (χ4v) is 3.98. The number of halogens is 1. The fraction of sp³-hybridized carbons (Fsp3) is 0.450. The third-order valence-corrected chi connectivity index (χ3v) is 5.52. The fourth-order valence-electron chi connectivity index (χ4n) is 3.75. The van der Waals surface area contributed by atoms with Gasteiger partial charge in [-0.05, 0) is 31.0 Å². The Morgan fingerprint density at radius 2 is 1.86 bits per heavy atom. The van der Waals surface area contributed by atoms with E-state index in [4.69, 9.17) is 21.6 Å². The number of nitrogens with one attached hydrogen (secondary N) is 1. The molecule has 1 N–H and O–H groups in total. The summed E-state index contributed by atoms with van der Waals surface area (Å²) in [7, 11) is 0. The van der Waals surface area contributed by atoms with Crippen LogP contribution < -0.4 is 5.32 Å². The first-order valence-corrected chi connectivity index (χ1v) is 9.79. The van der Waals surface area contributed by atoms with Crippen LogP contribution in [0.3, 0.4) is 0 Å². The number of imide groups is 1. The summed E-state index contributed by atoms with van der Waals surface area (Å²) >= 11 is 5.89. The summed E-state index contributed by atoms with van der Waals surface area (Å²) in [6, 6.07) is 6.30. The quantitative estimate of drug-likeness (QED) is 0.560. The predicted molar refractivity (Wildman–Crippen MR) is 103 cm³/mol. The van der Waals surface area contributed by atoms with E-state index in [1.807, 2.05) is 6.07 Å². The van der Waals surface area contributed by atoms with E-state index in [0.29, 0.717) is 5.69 Å². The summed E-state index contributed by atoms with van der Waals surface area (Å²) in [4.78, 5) is 49.7. The summed E-state index contributed by atoms with van der Waals surface area (Å²) in [5, 5.41) is 11.5. The molecule has 3 rings (SSSR count). The van der Waals surface area contributed by atoms with Gasteiger partial charge in [0.15, 0.2) is 6.61 Å². The van der Waals surface area contributed by atoms with Gasteiger partial charge in [0.25, 0.3) is 5.91 Å². The Kier molecular flexibility index (Phi) is 6.49. The first-order valence-electron chi connectivity index (χ1n) is 9.41. The van der Waals surface area contributed by atoms with Gasteiger partial charge in [-0.15, -0.1) is 0 Å². The number of ether oxygens (including phenoxy) is 1. The first kappa shape index (κ1) is 20.8. The number of esters is 1. The lowest BCUT2D eigenvalue weighted by Gasteiger charge is -2.19. The number of benzene rings is 1. The molecule has 0 aromatic heterocycles. The van der Waals surface area contributed by atoms with Crippen LogP contribution in [-0.4, -0.2) is 41.7 Å². The molecule has 9 heteroatoms. The normalized spacial score (nSPS) is 20.8. The Balaban J connectivity index is 1.43. The highest BCUT2D eigenvalue weighted by molar-refractivity contribution is 6.32. The van der Waals surface area contributed by atoms with Crippen LogP contribution >= 0.6 is 11.6 Å². The Morgan fingerprint density at radius 3 is 2.45 bits per heavy atom. The van der Waals surface area contributed by atoms with Gasteiger partial charge in [-0.3, -0.25) is 24.1 Å². The topological polar surface area (TPSA) is 117 Å². The van der Waals surface area contributed by atoms with Crippen molar-refractivity contribution in [2.24, 2.45) is 11.8 Å². The average Bonchev–Trinajstić information content (AvgIpc) is 2.95. The zero-order valence-electron chi connectivity index (χ0n) is 15.7. The van der Waals surface area contributed by atoms with Crippen LogP contribution in [0.5, 0.6) is 0 Å². The molecule has 8 nitrogen and oxygen atoms in total. The Hall–Kier alpha value is -2.92. The number of anilines is 1. The Bertz CT molecular complexity index is 871. The maximum atomic E-state index is 12.4. The number of nitrogens with zero attached hydrogens (tertiary/aromatic N) is 2. The van der Waals surface area contributed by atoms with Gasteiger partial charge in [0.2, 0.25) is 11.8 Å². The molecular formula is C20H20ClN3O5. The van der Waals surface area contributed by atoms with Crippen LogP contribution in [0.4, 0.5) is 5.69 Å². The summed E-state index contributed by atoms with van der Waals surface area (Å²) in [6.07, 6.45) is 3.16. The SMILES string of the molecule is N#Cc1ccc(NC(=O)COC(=O)CCN2C(=O)C3CCCCC3C2=O)cc1Cl. The number of fused-ring (bicyclic) bond motifs is 1. The largest absolute Gasteiger partial charge is 0.456 e. The number of hydrogen-bond donors (Lipinski definition) is 1. The monoisotopic (exact) mass is 417 g/mol. The van der Waals surface area contributed by atoms with Gasteiger partial charge in [0.1, 0.15) is 6.07 Å². The van der Waals surface area contributed by atoms with E-state index in [9.17, 15) is 19.2 Å². The molecule has 29 heavy (non-hydrogen) atoms. The van der Waals surface area contributed by atoms with E-state index in [-0.39, 0.29) is 47.2 Å². The summed E-state index contributed by atoms with van der Waals surface area (Å²) < 4.78 is 4.91. The molecule has 1 heterocycles. The molecule has 1 saturated heterocycles. The van der Waals surface area contributed by atoms with E-state index in [1.54, 1.807) is 0 Å². The van der Waals surface area contributed by atoms with Gasteiger partial charge in [-0.1, -0.05) is 24.4 Å². The number of likely N-dealkylation sites (tertiary alicyclic amines) is 1. The number of amides is 3. The first-order chi connectivity index (χ1) is 13.9. The second-order valence-electron chi connectivity index (χ2n) is 7.09. The van der Waals surface area contributed by atoms with Crippen molar-refractivity contribution in [1.82, 2.24) is 4.90 Å². The van der Waals surface area contributed by atoms with Crippen molar-refractivity contribution in [2.75, 3.05) is 18.5 Å². The molecule has 1 aromatic rings. The molecule has 3 amide bonds. The molecule has 0 radical (unpaired) electrons. The van der Waals surface area contributed by atoms with E-state index in [2.05, 4.69) is 5.32 Å². The lowest BCUT2D eigenvalue weighted by Crippen LogP contribution is -2.33. The molecule has 1 saturated carbocycles. The van der Waals surface area contributed by atoms with Gasteiger partial charge in [0, 0.05) is 12.2 Å². The second-order valence-corrected chi connectivity index (χ2v) is 7.50. The van der Waals surface area contributed by atoms with Crippen molar-refractivity contribution in [3.8, 4) is 6.07 Å². The zero-order valence-corrected chi connectivity index (χ0v) is 16.4. The standard InChI is InChI=1S/C20H20ClN3O5/c21-16-9-13(6-5-12(16)10-22)23-17(25)11-29-18(26)7-8-24-19(27)14-3-1-2-4-15(14)20(24)28/h5-6,9,14-15H,1-4,7-8,11H2,(H,23,25). The van der Waals surface area contributed by atoms with Crippen LogP contribution in [0.2, 0.25) is 5.02 Å². The Morgan fingerprint density at radius 1 is 1.21 bits per heavy atom. The third-order valence-electron chi connectivity index (χ3n) is 5.21. The maximum absolute atomic E-state index is 12.4. The van der Waals surface area contributed by atoms with E-state index < -0.39 is 18.5 Å². The zero-order chi connectivity index (χ0) is 21.0. The number of nitriles is 1. The summed E-state index contributed by atoms with van der Waals surface area (Å²) in [5.74, 6) is -2.16. The van der Waals surface area contributed by atoms with Crippen molar-refractivity contribution >= 4 is 41.0 Å². The second kappa shape index (κ2) is 9.05. The molecule has 152 valence electrons. The Labute approximate surface area is 172 Å². The van der Waals surface area contributed by atoms with Crippen molar-refractivity contribution in [3.63, 3.8) is 0 Å². The van der Waals surface area contributed by atoms with Crippen LogP contribution in [0.25, 0.3) is 0 Å². The smallest absolute Gasteiger partial charge is 0.308 e. The molecule has 1 aliphatic carbocycles. The minimum absolute atomic E-state index is 0.0314. The van der Waals surface area contributed by atoms with Crippen molar-refractivity contribution in [1.29, 1.82) is 5.26 Å². The van der Waals surface area contributed by atoms with Gasteiger partial charge in [0.05, 0.1) is 28.8 Å². The molecule has 0 bridgehead atoms. The van der Waals surface area contributed by atoms with Crippen molar-refractivity contribution in [3.05, 3.63) is 28.8 Å². The minimum Gasteiger partial charge on any atom is -0.456 e. The van der Waals surface area contributed by atoms with Gasteiger partial charge in [-0.2, -0.15) is 5.26 Å². The predicted octanol–water partition coefficient (Wildman–Crippen LogP) is 2.26. The van der Waals surface area contributed by atoms with E-state index in [0.717, 1.165) is 30.6 Å². The van der Waals surface area contributed by atoms with Gasteiger partial charge < -0.3 is 10.1 Å². The van der Waals surface area contributed by atoms with Crippen LogP contribution in [0.1, 0.15) is 37.7 Å². The molecule has 0 spiro atoms. The summed E-state index contributed by atoms with van der Waals surface area (Å²) in [6.45, 7) is -0.542. The minimum atomic E-state index is -0.673. The molecule has 2 fully saturated rings. The van der Waals surface area contributed by atoms with E-state index >= 15 is 0 Å². The maximum Gasteiger partial charge on any atom is 0.308 e. The van der Waals surface area contributed by atoms with Gasteiger partial charge >= 0.3 is 5.97 Å². The molecular weight excluding hydrogens is 398 g/mol. The number of carbonyl (C=O) groups excluding carboxylic acids is 4. The molecule has 2 unspecified atom stereocenters. The highest BCUT2D eigenvalue weighted by Gasteiger charge is 2.47. The average molecular weight is 418 g/mol. The highest BCUT2D eigenvalue weighted by Crippen LogP contribution is 2.37. The number of rotatable bonds is 6. The lowest BCUT2D eigenvalue weighted by molar-refractivity contribution is -0.148. The highest BCUT2D eigenvalue weighted by atomic mass is 35.5. The molecule has 2 aliphatic rings. The van der Waals surface area contributed by atoms with Crippen LogP contribution in [0.15, 0.2) is 18.2 Å². The van der Waals surface area contributed by atoms with Crippen LogP contribution in [0, 0.1) is 23.2 Å². The molecule has 2 atom stereocenters. The third kappa shape index (κ3) is 4.74. The van der Waals surface area contributed by atoms with Crippen LogP contribution in [-0.2, 0) is 23.9 Å². The van der Waals surface area contributed by atoms with Crippen molar-refractivity contribution in [2.45, 2.75) is 32.1 Å². The van der Waals surface area contributed by atoms with Crippen molar-refractivity contribution < 1.29 is 23.9 Å². The number of hydrogen-bond acceptors (Lipinski definition) is 6.